The summed E-state index contributed by atoms with van der Waals surface area (Å²) in [5.41, 5.74) is 10.2. The van der Waals surface area contributed by atoms with Crippen molar-refractivity contribution in [1.82, 2.24) is 9.97 Å². The highest BCUT2D eigenvalue weighted by molar-refractivity contribution is 7.09. The summed E-state index contributed by atoms with van der Waals surface area (Å²) in [6.45, 7) is 7.01. The number of aryl methyl sites for hydroxylation is 1. The van der Waals surface area contributed by atoms with Gasteiger partial charge in [-0.1, -0.05) is 11.3 Å². The van der Waals surface area contributed by atoms with Gasteiger partial charge in [0.2, 0.25) is 5.51 Å². The van der Waals surface area contributed by atoms with Crippen molar-refractivity contribution in [2.45, 2.75) is 33.7 Å². The number of rotatable bonds is 6. The van der Waals surface area contributed by atoms with Gasteiger partial charge >= 0.3 is 0 Å². The Kier molecular flexibility index (Phi) is 5.74. The molecule has 22 heavy (non-hydrogen) atoms. The van der Waals surface area contributed by atoms with Gasteiger partial charge in [0.15, 0.2) is 17.5 Å². The van der Waals surface area contributed by atoms with Gasteiger partial charge in [-0.05, 0) is 31.5 Å². The lowest BCUT2D eigenvalue weighted by Crippen LogP contribution is -2.35. The molecule has 0 atom stereocenters. The number of allylic oxidation sites excluding steroid dienone is 1. The van der Waals surface area contributed by atoms with Gasteiger partial charge in [-0.2, -0.15) is 4.57 Å². The normalized spacial score (nSPS) is 11.7. The maximum absolute atomic E-state index is 5.95. The number of hydrogen-bond donors (Lipinski definition) is 1. The molecule has 2 aromatic rings. The second-order valence-corrected chi connectivity index (χ2v) is 6.19. The quantitative estimate of drug-likeness (QED) is 0.649. The van der Waals surface area contributed by atoms with Gasteiger partial charge in [-0.15, -0.1) is 0 Å². The van der Waals surface area contributed by atoms with Gasteiger partial charge in [0.25, 0.3) is 0 Å². The lowest BCUT2D eigenvalue weighted by atomic mass is 10.2. The standard InChI is InChI=1S/C15H20ClN4OS/c1-4-14(16)21-6-5-13-10(2)20(9-22-13)8-12-7-18-11(3)19-15(12)17/h4,7,9H,5-6,8H2,1-3H3,(H2,17,18,19)/q+1. The Morgan fingerprint density at radius 3 is 2.95 bits per heavy atom. The highest BCUT2D eigenvalue weighted by Crippen LogP contribution is 2.15. The van der Waals surface area contributed by atoms with Crippen LogP contribution in [0, 0.1) is 13.8 Å². The number of nitrogens with two attached hydrogens (primary N) is 1. The van der Waals surface area contributed by atoms with Crippen molar-refractivity contribution < 1.29 is 9.30 Å². The molecule has 0 aromatic carbocycles. The minimum absolute atomic E-state index is 0.437. The Hall–Kier alpha value is -1.66. The van der Waals surface area contributed by atoms with Crippen molar-refractivity contribution in [2.75, 3.05) is 12.3 Å². The lowest BCUT2D eigenvalue weighted by molar-refractivity contribution is -0.689. The molecule has 0 radical (unpaired) electrons. The first-order chi connectivity index (χ1) is 10.5. The predicted molar refractivity (Wildman–Crippen MR) is 88.8 cm³/mol. The molecule has 0 aliphatic heterocycles. The zero-order valence-corrected chi connectivity index (χ0v) is 14.5. The topological polar surface area (TPSA) is 64.9 Å². The monoisotopic (exact) mass is 339 g/mol. The van der Waals surface area contributed by atoms with E-state index in [1.807, 2.05) is 13.8 Å². The summed E-state index contributed by atoms with van der Waals surface area (Å²) in [4.78, 5) is 9.68. The van der Waals surface area contributed by atoms with Crippen LogP contribution in [0.2, 0.25) is 0 Å². The summed E-state index contributed by atoms with van der Waals surface area (Å²) in [5.74, 6) is 1.22. The van der Waals surface area contributed by atoms with E-state index in [4.69, 9.17) is 22.1 Å². The largest absolute Gasteiger partial charge is 0.483 e. The van der Waals surface area contributed by atoms with Crippen LogP contribution in [0.5, 0.6) is 0 Å². The van der Waals surface area contributed by atoms with E-state index >= 15 is 0 Å². The number of anilines is 1. The summed E-state index contributed by atoms with van der Waals surface area (Å²) in [7, 11) is 0. The van der Waals surface area contributed by atoms with E-state index < -0.39 is 0 Å². The molecule has 0 aliphatic carbocycles. The van der Waals surface area contributed by atoms with E-state index in [0.717, 1.165) is 12.0 Å². The van der Waals surface area contributed by atoms with Crippen LogP contribution >= 0.6 is 22.9 Å². The molecule has 0 aliphatic rings. The maximum Gasteiger partial charge on any atom is 0.225 e. The highest BCUT2D eigenvalue weighted by atomic mass is 35.5. The molecule has 2 heterocycles. The number of nitrogen functional groups attached to an aromatic ring is 1. The molecule has 2 N–H and O–H groups in total. The fourth-order valence-corrected chi connectivity index (χ4v) is 3.04. The summed E-state index contributed by atoms with van der Waals surface area (Å²) in [6, 6.07) is 0. The number of halogens is 1. The molecule has 5 nitrogen and oxygen atoms in total. The highest BCUT2D eigenvalue weighted by Gasteiger charge is 2.17. The third-order valence-electron chi connectivity index (χ3n) is 3.31. The smallest absolute Gasteiger partial charge is 0.225 e. The molecule has 2 rings (SSSR count). The Morgan fingerprint density at radius 2 is 2.27 bits per heavy atom. The molecule has 0 bridgehead atoms. The summed E-state index contributed by atoms with van der Waals surface area (Å²) in [5, 5.41) is 0.437. The average molecular weight is 340 g/mol. The van der Waals surface area contributed by atoms with Crippen LogP contribution in [0.1, 0.15) is 28.9 Å². The number of aromatic nitrogens is 3. The molecule has 2 aromatic heterocycles. The van der Waals surface area contributed by atoms with Crippen LogP contribution in [-0.2, 0) is 17.7 Å². The average Bonchev–Trinajstić information content (AvgIpc) is 2.83. The van der Waals surface area contributed by atoms with Crippen molar-refractivity contribution in [2.24, 2.45) is 0 Å². The van der Waals surface area contributed by atoms with Gasteiger partial charge in [0, 0.05) is 19.5 Å². The summed E-state index contributed by atoms with van der Waals surface area (Å²) in [6.07, 6.45) is 4.35. The molecule has 7 heteroatoms. The fourth-order valence-electron chi connectivity index (χ4n) is 1.99. The third-order valence-corrected chi connectivity index (χ3v) is 4.78. The van der Waals surface area contributed by atoms with Gasteiger partial charge in [-0.3, -0.25) is 0 Å². The first-order valence-electron chi connectivity index (χ1n) is 7.00. The number of thiazole rings is 1. The predicted octanol–water partition coefficient (Wildman–Crippen LogP) is 2.73. The van der Waals surface area contributed by atoms with Crippen LogP contribution in [0.4, 0.5) is 5.82 Å². The lowest BCUT2D eigenvalue weighted by Gasteiger charge is -2.03. The van der Waals surface area contributed by atoms with Crippen LogP contribution < -0.4 is 10.3 Å². The Morgan fingerprint density at radius 1 is 1.50 bits per heavy atom. The molecule has 0 fully saturated rings. The molecular formula is C15H20ClN4OS+. The van der Waals surface area contributed by atoms with Crippen LogP contribution in [0.3, 0.4) is 0 Å². The maximum atomic E-state index is 5.95. The van der Waals surface area contributed by atoms with E-state index in [1.54, 1.807) is 23.6 Å². The van der Waals surface area contributed by atoms with Crippen LogP contribution in [0.15, 0.2) is 23.0 Å². The van der Waals surface area contributed by atoms with Gasteiger partial charge in [-0.25, -0.2) is 9.97 Å². The van der Waals surface area contributed by atoms with E-state index in [1.165, 1.54) is 10.6 Å². The molecule has 0 unspecified atom stereocenters. The Balaban J connectivity index is 2.04. The van der Waals surface area contributed by atoms with Crippen LogP contribution in [-0.4, -0.2) is 16.6 Å². The number of ether oxygens (including phenoxy) is 1. The van der Waals surface area contributed by atoms with Crippen molar-refractivity contribution in [3.63, 3.8) is 0 Å². The van der Waals surface area contributed by atoms with Crippen molar-refractivity contribution in [3.05, 3.63) is 45.0 Å². The second kappa shape index (κ2) is 7.56. The Labute approximate surface area is 139 Å². The van der Waals surface area contributed by atoms with E-state index in [9.17, 15) is 0 Å². The third kappa shape index (κ3) is 4.18. The fraction of sp³-hybridized carbons (Fsp3) is 0.400. The zero-order valence-electron chi connectivity index (χ0n) is 13.0. The van der Waals surface area contributed by atoms with Gasteiger partial charge in [0.1, 0.15) is 11.6 Å². The van der Waals surface area contributed by atoms with Crippen molar-refractivity contribution >= 4 is 28.8 Å². The van der Waals surface area contributed by atoms with E-state index in [0.29, 0.717) is 30.0 Å². The van der Waals surface area contributed by atoms with E-state index in [-0.39, 0.29) is 0 Å². The van der Waals surface area contributed by atoms with Gasteiger partial charge < -0.3 is 10.5 Å². The molecule has 0 amide bonds. The molecule has 0 saturated heterocycles. The molecular weight excluding hydrogens is 320 g/mol. The van der Waals surface area contributed by atoms with E-state index in [2.05, 4.69) is 27.0 Å². The van der Waals surface area contributed by atoms with Crippen LogP contribution in [0.25, 0.3) is 0 Å². The Bertz CT molecular complexity index is 684. The minimum Gasteiger partial charge on any atom is -0.483 e. The molecule has 118 valence electrons. The molecule has 0 spiro atoms. The molecule has 0 saturated carbocycles. The number of hydrogen-bond acceptors (Lipinski definition) is 5. The summed E-state index contributed by atoms with van der Waals surface area (Å²) < 4.78 is 7.55. The summed E-state index contributed by atoms with van der Waals surface area (Å²) >= 11 is 7.53. The van der Waals surface area contributed by atoms with Gasteiger partial charge in [0.05, 0.1) is 17.0 Å². The number of nitrogens with zero attached hydrogens (tertiary/aromatic N) is 3. The minimum atomic E-state index is 0.437. The second-order valence-electron chi connectivity index (χ2n) is 4.88. The van der Waals surface area contributed by atoms with Crippen molar-refractivity contribution in [1.29, 1.82) is 0 Å². The first kappa shape index (κ1) is 16.7. The SMILES string of the molecule is CC=C(Cl)OCCc1sc[n+](Cc2cnc(C)nc2N)c1C. The first-order valence-corrected chi connectivity index (χ1v) is 8.26. The van der Waals surface area contributed by atoms with Crippen molar-refractivity contribution in [3.8, 4) is 0 Å². The zero-order chi connectivity index (χ0) is 16.1.